The fraction of sp³-hybridized carbons (Fsp3) is 0.265. The minimum Gasteiger partial charge on any atom is -0.481 e. The number of alkyl halides is 1. The lowest BCUT2D eigenvalue weighted by atomic mass is 9.77. The molecule has 13 heteroatoms. The molecule has 3 aromatic carbocycles. The normalized spacial score (nSPS) is 20.9. The number of β-lactam (4-membered cyclic amide) rings is 1. The zero-order valence-electron chi connectivity index (χ0n) is 25.3. The number of anilines is 1. The Kier molecular flexibility index (Phi) is 9.53. The van der Waals surface area contributed by atoms with E-state index in [4.69, 9.17) is 21.4 Å². The van der Waals surface area contributed by atoms with Gasteiger partial charge in [0.05, 0.1) is 0 Å². The molecule has 47 heavy (non-hydrogen) atoms. The highest BCUT2D eigenvalue weighted by atomic mass is 35.5. The summed E-state index contributed by atoms with van der Waals surface area (Å²) in [6, 6.07) is 29.4. The molecule has 0 bridgehead atoms. The average Bonchev–Trinajstić information content (AvgIpc) is 3.58. The number of nitrogens with one attached hydrogen (secondary N) is 2. The van der Waals surface area contributed by atoms with Crippen molar-refractivity contribution in [1.29, 1.82) is 0 Å². The zero-order chi connectivity index (χ0) is 33.0. The Bertz CT molecular complexity index is 1680. The number of nitrogens with zero attached hydrogens (tertiary/aromatic N) is 3. The predicted octanol–water partition coefficient (Wildman–Crippen LogP) is 5.00. The van der Waals surface area contributed by atoms with Crippen LogP contribution in [0.5, 0.6) is 0 Å². The van der Waals surface area contributed by atoms with Gasteiger partial charge in [0.2, 0.25) is 5.91 Å². The molecular formula is C34H32ClN5O5S2. The van der Waals surface area contributed by atoms with Gasteiger partial charge in [-0.2, -0.15) is 0 Å². The van der Waals surface area contributed by atoms with Crippen LogP contribution in [0.4, 0.5) is 5.13 Å². The molecule has 0 saturated carbocycles. The molecule has 2 amide bonds. The molecule has 242 valence electrons. The summed E-state index contributed by atoms with van der Waals surface area (Å²) in [5.41, 5.74) is 1.13. The van der Waals surface area contributed by atoms with Crippen molar-refractivity contribution in [2.24, 2.45) is 10.6 Å². The minimum atomic E-state index is -1.23. The van der Waals surface area contributed by atoms with Crippen molar-refractivity contribution in [2.75, 3.05) is 30.1 Å². The lowest BCUT2D eigenvalue weighted by molar-refractivity contribution is -0.157. The van der Waals surface area contributed by atoms with Crippen molar-refractivity contribution >= 4 is 63.3 Å². The highest BCUT2D eigenvalue weighted by Crippen LogP contribution is 2.43. The van der Waals surface area contributed by atoms with Gasteiger partial charge < -0.3 is 25.5 Å². The van der Waals surface area contributed by atoms with E-state index in [1.165, 1.54) is 28.0 Å². The molecule has 10 nitrogen and oxygen atoms in total. The number of thioether (sulfide) groups is 1. The van der Waals surface area contributed by atoms with Gasteiger partial charge in [-0.25, -0.2) is 4.98 Å². The molecule has 4 aromatic rings. The molecule has 1 aromatic heterocycles. The summed E-state index contributed by atoms with van der Waals surface area (Å²) in [5.74, 6) is -1.94. The Labute approximate surface area is 285 Å². The molecule has 2 saturated heterocycles. The molecule has 2 aliphatic rings. The van der Waals surface area contributed by atoms with Crippen LogP contribution in [-0.4, -0.2) is 74.7 Å². The number of fused-ring (bicyclic) bond motifs is 1. The number of aliphatic carboxylic acids is 1. The third kappa shape index (κ3) is 6.08. The molecule has 3 atom stereocenters. The Hall–Kier alpha value is -4.39. The number of hydrogen-bond acceptors (Lipinski definition) is 9. The number of carbonyl (C=O) groups excluding carboxylic acids is 2. The Morgan fingerprint density at radius 2 is 1.62 bits per heavy atom. The highest BCUT2D eigenvalue weighted by molar-refractivity contribution is 8.00. The van der Waals surface area contributed by atoms with Crippen LogP contribution >= 0.6 is 34.7 Å². The molecule has 0 radical (unpaired) electrons. The molecule has 2 aliphatic heterocycles. The minimum absolute atomic E-state index is 0.0122. The summed E-state index contributed by atoms with van der Waals surface area (Å²) < 4.78 is 0. The maximum Gasteiger partial charge on any atom is 0.313 e. The second-order valence-corrected chi connectivity index (χ2v) is 13.4. The number of carboxylic acid groups (broad SMARTS) is 1. The first-order valence-electron chi connectivity index (χ1n) is 15.0. The fourth-order valence-electron chi connectivity index (χ4n) is 5.82. The van der Waals surface area contributed by atoms with Crippen LogP contribution in [0.3, 0.4) is 0 Å². The third-order valence-electron chi connectivity index (χ3n) is 8.30. The van der Waals surface area contributed by atoms with Crippen LogP contribution in [0.1, 0.15) is 29.3 Å². The van der Waals surface area contributed by atoms with E-state index in [9.17, 15) is 19.5 Å². The van der Waals surface area contributed by atoms with Crippen LogP contribution in [0.25, 0.3) is 0 Å². The van der Waals surface area contributed by atoms with E-state index in [1.807, 2.05) is 54.6 Å². The number of benzene rings is 3. The van der Waals surface area contributed by atoms with Crippen molar-refractivity contribution < 1.29 is 24.3 Å². The smallest absolute Gasteiger partial charge is 0.313 e. The highest BCUT2D eigenvalue weighted by Gasteiger charge is 2.57. The van der Waals surface area contributed by atoms with Gasteiger partial charge in [-0.05, 0) is 23.6 Å². The summed E-state index contributed by atoms with van der Waals surface area (Å²) in [7, 11) is 0. The predicted molar refractivity (Wildman–Crippen MR) is 184 cm³/mol. The number of hydrogen-bond donors (Lipinski definition) is 3. The van der Waals surface area contributed by atoms with Gasteiger partial charge in [0, 0.05) is 23.6 Å². The molecule has 0 aliphatic carbocycles. The number of thiazole rings is 1. The molecule has 2 fully saturated rings. The molecule has 6 rings (SSSR count). The number of carbonyl (C=O) groups is 3. The van der Waals surface area contributed by atoms with Crippen LogP contribution in [0, 0.1) is 5.41 Å². The largest absolute Gasteiger partial charge is 0.481 e. The first-order valence-corrected chi connectivity index (χ1v) is 17.4. The number of carboxylic acids is 1. The number of aromatic nitrogens is 1. The van der Waals surface area contributed by atoms with Crippen LogP contribution < -0.4 is 10.6 Å². The second kappa shape index (κ2) is 13.8. The monoisotopic (exact) mass is 689 g/mol. The standard InChI is InChI=1S/C34H32ClN5O5S2/c1-2-45-39-26(28(41)37-27-29(42)40-20-33(19-35,31(43)44)21-47-30(27)40)25-18-46-32(36-25)38-34(22-12-6-3-7-13-22,23-14-8-4-9-15-23)24-16-10-5-11-17-24/h3-18,27,30H,2,19-21H2,1H3,(H,36,38)(H,37,41)(H,43,44)/t27?,30-,33?/m1/s1. The van der Waals surface area contributed by atoms with Gasteiger partial charge in [0.15, 0.2) is 10.8 Å². The Morgan fingerprint density at radius 3 is 2.13 bits per heavy atom. The van der Waals surface area contributed by atoms with E-state index in [1.54, 1.807) is 12.3 Å². The van der Waals surface area contributed by atoms with Gasteiger partial charge in [0.25, 0.3) is 5.91 Å². The molecule has 3 N–H and O–H groups in total. The van der Waals surface area contributed by atoms with E-state index in [-0.39, 0.29) is 42.1 Å². The third-order valence-corrected chi connectivity index (χ3v) is 11.2. The lowest BCUT2D eigenvalue weighted by Gasteiger charge is -2.53. The summed E-state index contributed by atoms with van der Waals surface area (Å²) in [6.45, 7) is 1.95. The lowest BCUT2D eigenvalue weighted by Crippen LogP contribution is -2.74. The Balaban J connectivity index is 1.29. The van der Waals surface area contributed by atoms with Gasteiger partial charge in [-0.3, -0.25) is 14.4 Å². The van der Waals surface area contributed by atoms with Gasteiger partial charge in [0.1, 0.15) is 34.7 Å². The first-order chi connectivity index (χ1) is 22.8. The molecular weight excluding hydrogens is 658 g/mol. The maximum atomic E-state index is 13.7. The van der Waals surface area contributed by atoms with E-state index >= 15 is 0 Å². The van der Waals surface area contributed by atoms with Crippen molar-refractivity contribution in [2.45, 2.75) is 23.9 Å². The van der Waals surface area contributed by atoms with E-state index in [0.29, 0.717) is 5.13 Å². The summed E-state index contributed by atoms with van der Waals surface area (Å²) in [4.78, 5) is 50.2. The number of oxime groups is 1. The van der Waals surface area contributed by atoms with E-state index in [0.717, 1.165) is 16.7 Å². The molecule has 0 spiro atoms. The maximum absolute atomic E-state index is 13.7. The first kappa shape index (κ1) is 32.5. The van der Waals surface area contributed by atoms with Gasteiger partial charge >= 0.3 is 5.97 Å². The second-order valence-electron chi connectivity index (χ2n) is 11.2. The number of amides is 2. The Morgan fingerprint density at radius 1 is 1.04 bits per heavy atom. The average molecular weight is 690 g/mol. The molecule has 2 unspecified atom stereocenters. The van der Waals surface area contributed by atoms with Crippen molar-refractivity contribution in [1.82, 2.24) is 15.2 Å². The van der Waals surface area contributed by atoms with Crippen molar-refractivity contribution in [3.05, 3.63) is 119 Å². The number of halogens is 1. The van der Waals surface area contributed by atoms with Crippen LogP contribution in [0.15, 0.2) is 102 Å². The van der Waals surface area contributed by atoms with Crippen molar-refractivity contribution in [3.63, 3.8) is 0 Å². The summed E-state index contributed by atoms with van der Waals surface area (Å²) in [6.07, 6.45) is 0. The number of rotatable bonds is 12. The van der Waals surface area contributed by atoms with Crippen molar-refractivity contribution in [3.8, 4) is 0 Å². The molecule has 3 heterocycles. The fourth-order valence-corrected chi connectivity index (χ4v) is 8.52. The van der Waals surface area contributed by atoms with E-state index < -0.39 is 34.2 Å². The topological polar surface area (TPSA) is 133 Å². The van der Waals surface area contributed by atoms with Gasteiger partial charge in [-0.15, -0.1) is 34.7 Å². The van der Waals surface area contributed by atoms with Gasteiger partial charge in [-0.1, -0.05) is 96.2 Å². The van der Waals surface area contributed by atoms with E-state index in [2.05, 4.69) is 52.2 Å². The summed E-state index contributed by atoms with van der Waals surface area (Å²) >= 11 is 8.60. The zero-order valence-corrected chi connectivity index (χ0v) is 27.7. The van der Waals surface area contributed by atoms with Crippen LogP contribution in [-0.2, 0) is 24.8 Å². The van der Waals surface area contributed by atoms with Crippen LogP contribution in [0.2, 0.25) is 0 Å². The summed E-state index contributed by atoms with van der Waals surface area (Å²) in [5, 5.41) is 22.1. The SMILES string of the molecule is CCON=C(C(=O)NC1C(=O)N2CC(CCl)(C(=O)O)CS[C@H]12)c1csc(NC(c2ccccc2)(c2ccccc2)c2ccccc2)n1. The quantitative estimate of drug-likeness (QED) is 0.0623.